The molecule has 18 heavy (non-hydrogen) atoms. The summed E-state index contributed by atoms with van der Waals surface area (Å²) in [6.45, 7) is 2.01. The minimum absolute atomic E-state index is 0.198. The van der Waals surface area contributed by atoms with Gasteiger partial charge in [0, 0.05) is 0 Å². The van der Waals surface area contributed by atoms with Crippen molar-refractivity contribution in [3.8, 4) is 0 Å². The lowest BCUT2D eigenvalue weighted by molar-refractivity contribution is 0.0695. The first-order valence-electron chi connectivity index (χ1n) is 6.65. The second kappa shape index (κ2) is 5.74. The van der Waals surface area contributed by atoms with Crippen LogP contribution in [0.4, 0.5) is 0 Å². The topological polar surface area (TPSA) is 55.1 Å². The Morgan fingerprint density at radius 1 is 1.44 bits per heavy atom. The van der Waals surface area contributed by atoms with Crippen molar-refractivity contribution in [2.45, 2.75) is 57.9 Å². The standard InChI is InChI=1S/C13H19ClN2O2/c1-2-6-10-11(13(17)18)12(14)16(15-10)9-7-4-3-5-8-9/h9H,2-8H2,1H3,(H,17,18). The molecule has 0 unspecified atom stereocenters. The minimum Gasteiger partial charge on any atom is -0.478 e. The first-order chi connectivity index (χ1) is 8.65. The molecule has 1 aromatic rings. The molecule has 1 N–H and O–H groups in total. The van der Waals surface area contributed by atoms with Gasteiger partial charge in [-0.15, -0.1) is 0 Å². The first-order valence-corrected chi connectivity index (χ1v) is 7.03. The van der Waals surface area contributed by atoms with Crippen LogP contribution in [0.3, 0.4) is 0 Å². The first kappa shape index (κ1) is 13.4. The van der Waals surface area contributed by atoms with E-state index in [1.165, 1.54) is 19.3 Å². The third kappa shape index (κ3) is 2.53. The molecule has 0 aromatic carbocycles. The fourth-order valence-electron chi connectivity index (χ4n) is 2.65. The molecule has 2 rings (SSSR count). The van der Waals surface area contributed by atoms with Crippen LogP contribution in [-0.4, -0.2) is 20.9 Å². The van der Waals surface area contributed by atoms with Gasteiger partial charge in [-0.2, -0.15) is 5.10 Å². The number of aromatic nitrogens is 2. The van der Waals surface area contributed by atoms with Crippen LogP contribution in [0.25, 0.3) is 0 Å². The lowest BCUT2D eigenvalue weighted by Crippen LogP contribution is -2.14. The fraction of sp³-hybridized carbons (Fsp3) is 0.692. The number of aromatic carboxylic acids is 1. The smallest absolute Gasteiger partial charge is 0.340 e. The van der Waals surface area contributed by atoms with E-state index in [0.29, 0.717) is 17.3 Å². The molecular weight excluding hydrogens is 252 g/mol. The van der Waals surface area contributed by atoms with Crippen LogP contribution >= 0.6 is 11.6 Å². The molecule has 0 radical (unpaired) electrons. The number of carboxylic acids is 1. The molecular formula is C13H19ClN2O2. The van der Waals surface area contributed by atoms with Crippen LogP contribution in [0.15, 0.2) is 0 Å². The third-order valence-corrected chi connectivity index (χ3v) is 3.91. The minimum atomic E-state index is -0.967. The SMILES string of the molecule is CCCc1nn(C2CCCCC2)c(Cl)c1C(=O)O. The Labute approximate surface area is 112 Å². The molecule has 1 aromatic heterocycles. The zero-order valence-electron chi connectivity index (χ0n) is 10.7. The van der Waals surface area contributed by atoms with Crippen LogP contribution < -0.4 is 0 Å². The van der Waals surface area contributed by atoms with Crippen LogP contribution in [0.5, 0.6) is 0 Å². The monoisotopic (exact) mass is 270 g/mol. The maximum atomic E-state index is 11.3. The molecule has 1 saturated carbocycles. The van der Waals surface area contributed by atoms with E-state index < -0.39 is 5.97 Å². The highest BCUT2D eigenvalue weighted by atomic mass is 35.5. The zero-order valence-corrected chi connectivity index (χ0v) is 11.4. The zero-order chi connectivity index (χ0) is 13.1. The van der Waals surface area contributed by atoms with Gasteiger partial charge in [-0.3, -0.25) is 0 Å². The highest BCUT2D eigenvalue weighted by molar-refractivity contribution is 6.32. The molecule has 0 amide bonds. The van der Waals surface area contributed by atoms with Crippen molar-refractivity contribution < 1.29 is 9.90 Å². The normalized spacial score (nSPS) is 17.0. The summed E-state index contributed by atoms with van der Waals surface area (Å²) in [6, 6.07) is 0.273. The summed E-state index contributed by atoms with van der Waals surface area (Å²) >= 11 is 6.21. The molecule has 1 heterocycles. The fourth-order valence-corrected chi connectivity index (χ4v) is 3.01. The molecule has 0 spiro atoms. The summed E-state index contributed by atoms with van der Waals surface area (Å²) in [5, 5.41) is 14.0. The van der Waals surface area contributed by atoms with Crippen molar-refractivity contribution in [3.05, 3.63) is 16.4 Å². The van der Waals surface area contributed by atoms with Crippen LogP contribution in [0, 0.1) is 0 Å². The van der Waals surface area contributed by atoms with Crippen molar-refractivity contribution in [2.24, 2.45) is 0 Å². The average molecular weight is 271 g/mol. The van der Waals surface area contributed by atoms with Crippen LogP contribution in [-0.2, 0) is 6.42 Å². The Bertz CT molecular complexity index is 436. The van der Waals surface area contributed by atoms with Gasteiger partial charge < -0.3 is 5.11 Å². The second-order valence-electron chi connectivity index (χ2n) is 4.90. The maximum absolute atomic E-state index is 11.3. The number of nitrogens with zero attached hydrogens (tertiary/aromatic N) is 2. The quantitative estimate of drug-likeness (QED) is 0.908. The molecule has 0 saturated heterocycles. The van der Waals surface area contributed by atoms with Gasteiger partial charge in [-0.05, 0) is 19.3 Å². The highest BCUT2D eigenvalue weighted by Crippen LogP contribution is 2.32. The summed E-state index contributed by atoms with van der Waals surface area (Å²) in [4.78, 5) is 11.3. The largest absolute Gasteiger partial charge is 0.478 e. The van der Waals surface area contributed by atoms with Gasteiger partial charge in [0.1, 0.15) is 10.7 Å². The summed E-state index contributed by atoms with van der Waals surface area (Å²) in [5.41, 5.74) is 0.824. The Morgan fingerprint density at radius 3 is 2.67 bits per heavy atom. The van der Waals surface area contributed by atoms with E-state index in [4.69, 9.17) is 11.6 Å². The van der Waals surface area contributed by atoms with Gasteiger partial charge in [0.25, 0.3) is 0 Å². The van der Waals surface area contributed by atoms with Gasteiger partial charge >= 0.3 is 5.97 Å². The Morgan fingerprint density at radius 2 is 2.11 bits per heavy atom. The average Bonchev–Trinajstić information content (AvgIpc) is 2.68. The van der Waals surface area contributed by atoms with Crippen LogP contribution in [0.1, 0.15) is 67.5 Å². The number of carboxylic acid groups (broad SMARTS) is 1. The molecule has 0 aliphatic heterocycles. The van der Waals surface area contributed by atoms with E-state index in [1.54, 1.807) is 4.68 Å². The van der Waals surface area contributed by atoms with E-state index >= 15 is 0 Å². The number of rotatable bonds is 4. The van der Waals surface area contributed by atoms with E-state index in [2.05, 4.69) is 5.10 Å². The van der Waals surface area contributed by atoms with Crippen molar-refractivity contribution in [1.29, 1.82) is 0 Å². The van der Waals surface area contributed by atoms with Gasteiger partial charge in [0.15, 0.2) is 0 Å². The van der Waals surface area contributed by atoms with Crippen molar-refractivity contribution in [1.82, 2.24) is 9.78 Å². The van der Waals surface area contributed by atoms with Gasteiger partial charge in [-0.1, -0.05) is 44.2 Å². The summed E-state index contributed by atoms with van der Waals surface area (Å²) < 4.78 is 1.75. The molecule has 5 heteroatoms. The summed E-state index contributed by atoms with van der Waals surface area (Å²) in [5.74, 6) is -0.967. The summed E-state index contributed by atoms with van der Waals surface area (Å²) in [7, 11) is 0. The molecule has 4 nitrogen and oxygen atoms in total. The third-order valence-electron chi connectivity index (χ3n) is 3.55. The Kier molecular flexibility index (Phi) is 4.27. The summed E-state index contributed by atoms with van der Waals surface area (Å²) in [6.07, 6.45) is 7.24. The van der Waals surface area contributed by atoms with E-state index in [0.717, 1.165) is 19.3 Å². The van der Waals surface area contributed by atoms with Gasteiger partial charge in [0.05, 0.1) is 11.7 Å². The predicted molar refractivity (Wildman–Crippen MR) is 70.3 cm³/mol. The lowest BCUT2D eigenvalue weighted by atomic mass is 9.96. The number of carbonyl (C=O) groups is 1. The molecule has 0 atom stereocenters. The van der Waals surface area contributed by atoms with Crippen molar-refractivity contribution in [2.75, 3.05) is 0 Å². The second-order valence-corrected chi connectivity index (χ2v) is 5.26. The molecule has 100 valence electrons. The predicted octanol–water partition coefficient (Wildman–Crippen LogP) is 3.69. The van der Waals surface area contributed by atoms with E-state index in [-0.39, 0.29) is 11.6 Å². The number of halogens is 1. The van der Waals surface area contributed by atoms with Crippen LogP contribution in [0.2, 0.25) is 5.15 Å². The Hall–Kier alpha value is -1.03. The van der Waals surface area contributed by atoms with Gasteiger partial charge in [-0.25, -0.2) is 9.48 Å². The van der Waals surface area contributed by atoms with Crippen molar-refractivity contribution >= 4 is 17.6 Å². The maximum Gasteiger partial charge on any atom is 0.340 e. The highest BCUT2D eigenvalue weighted by Gasteiger charge is 2.26. The molecule has 1 aliphatic rings. The Balaban J connectivity index is 2.35. The lowest BCUT2D eigenvalue weighted by Gasteiger charge is -2.22. The molecule has 1 fully saturated rings. The number of hydrogen-bond donors (Lipinski definition) is 1. The molecule has 1 aliphatic carbocycles. The van der Waals surface area contributed by atoms with E-state index in [9.17, 15) is 9.90 Å². The number of aryl methyl sites for hydroxylation is 1. The number of hydrogen-bond acceptors (Lipinski definition) is 2. The van der Waals surface area contributed by atoms with Gasteiger partial charge in [0.2, 0.25) is 0 Å². The van der Waals surface area contributed by atoms with E-state index in [1.807, 2.05) is 6.92 Å². The van der Waals surface area contributed by atoms with Crippen molar-refractivity contribution in [3.63, 3.8) is 0 Å². The molecule has 0 bridgehead atoms.